The molecule has 9 heteroatoms. The number of alkyl halides is 2. The van der Waals surface area contributed by atoms with Crippen LogP contribution in [-0.4, -0.2) is 28.2 Å². The van der Waals surface area contributed by atoms with Crippen LogP contribution in [0.1, 0.15) is 34.6 Å². The van der Waals surface area contributed by atoms with E-state index in [9.17, 15) is 22.8 Å². The van der Waals surface area contributed by atoms with Gasteiger partial charge in [0.25, 0.3) is 5.91 Å². The molecule has 2 aromatic rings. The highest BCUT2D eigenvalue weighted by molar-refractivity contribution is 5.95. The lowest BCUT2D eigenvalue weighted by atomic mass is 9.92. The molecule has 1 saturated carbocycles. The van der Waals surface area contributed by atoms with E-state index < -0.39 is 18.2 Å². The predicted octanol–water partition coefficient (Wildman–Crippen LogP) is 1.92. The Balaban J connectivity index is 1.62. The average molecular weight is 364 g/mol. The molecule has 0 atom stereocenters. The first-order valence-corrected chi connectivity index (χ1v) is 7.85. The van der Waals surface area contributed by atoms with Crippen LogP contribution in [0.5, 0.6) is 0 Å². The summed E-state index contributed by atoms with van der Waals surface area (Å²) in [6.07, 6.45) is 1.70. The summed E-state index contributed by atoms with van der Waals surface area (Å²) >= 11 is 0. The van der Waals surface area contributed by atoms with Gasteiger partial charge in [-0.2, -0.15) is 8.78 Å². The van der Waals surface area contributed by atoms with Crippen LogP contribution < -0.4 is 10.9 Å². The van der Waals surface area contributed by atoms with E-state index in [1.807, 2.05) is 5.43 Å². The number of hydrazine groups is 1. The maximum atomic E-state index is 13.1. The first-order chi connectivity index (χ1) is 12.4. The zero-order valence-electron chi connectivity index (χ0n) is 13.5. The minimum atomic E-state index is -3.23. The first-order valence-electron chi connectivity index (χ1n) is 7.85. The SMILES string of the molecule is O=C(NNC(=O)C(F)F)c1cnc(CC2(c3ccc(F)cc3)CC2)nc1. The fourth-order valence-electron chi connectivity index (χ4n) is 2.63. The van der Waals surface area contributed by atoms with Gasteiger partial charge in [0, 0.05) is 24.2 Å². The van der Waals surface area contributed by atoms with Crippen molar-refractivity contribution >= 4 is 11.8 Å². The number of aromatic nitrogens is 2. The Morgan fingerprint density at radius 1 is 1.08 bits per heavy atom. The minimum absolute atomic E-state index is 0.0231. The van der Waals surface area contributed by atoms with Crippen molar-refractivity contribution in [2.24, 2.45) is 0 Å². The van der Waals surface area contributed by atoms with Crippen LogP contribution in [0.3, 0.4) is 0 Å². The van der Waals surface area contributed by atoms with E-state index in [2.05, 4.69) is 9.97 Å². The summed E-state index contributed by atoms with van der Waals surface area (Å²) in [6.45, 7) is 0. The van der Waals surface area contributed by atoms with Crippen LogP contribution >= 0.6 is 0 Å². The van der Waals surface area contributed by atoms with Crippen molar-refractivity contribution in [1.82, 2.24) is 20.8 Å². The average Bonchev–Trinajstić information content (AvgIpc) is 3.41. The molecule has 1 aromatic carbocycles. The second-order valence-electron chi connectivity index (χ2n) is 6.10. The van der Waals surface area contributed by atoms with Crippen LogP contribution in [-0.2, 0) is 16.6 Å². The Morgan fingerprint density at radius 2 is 1.69 bits per heavy atom. The molecule has 136 valence electrons. The molecule has 26 heavy (non-hydrogen) atoms. The number of carbonyl (C=O) groups is 2. The summed E-state index contributed by atoms with van der Waals surface area (Å²) in [4.78, 5) is 30.7. The zero-order valence-corrected chi connectivity index (χ0v) is 13.5. The maximum Gasteiger partial charge on any atom is 0.317 e. The van der Waals surface area contributed by atoms with Gasteiger partial charge in [-0.05, 0) is 30.5 Å². The van der Waals surface area contributed by atoms with Crippen molar-refractivity contribution in [3.8, 4) is 0 Å². The second kappa shape index (κ2) is 7.11. The summed E-state index contributed by atoms with van der Waals surface area (Å²) in [7, 11) is 0. The van der Waals surface area contributed by atoms with Crippen LogP contribution in [0, 0.1) is 5.82 Å². The standard InChI is InChI=1S/C17H15F3N4O2/c18-12-3-1-11(2-4-12)17(5-6-17)7-13-21-8-10(9-22-13)15(25)23-24-16(26)14(19)20/h1-4,8-9,14H,5-7H2,(H,23,25)(H,24,26). The predicted molar refractivity (Wildman–Crippen MR) is 84.7 cm³/mol. The number of halogens is 3. The van der Waals surface area contributed by atoms with Gasteiger partial charge >= 0.3 is 12.3 Å². The molecule has 6 nitrogen and oxygen atoms in total. The van der Waals surface area contributed by atoms with Gasteiger partial charge in [-0.1, -0.05) is 12.1 Å². The van der Waals surface area contributed by atoms with Crippen molar-refractivity contribution in [1.29, 1.82) is 0 Å². The Kier molecular flexibility index (Phi) is 4.88. The lowest BCUT2D eigenvalue weighted by molar-refractivity contribution is -0.132. The van der Waals surface area contributed by atoms with Crippen LogP contribution in [0.25, 0.3) is 0 Å². The number of hydrogen-bond donors (Lipinski definition) is 2. The van der Waals surface area contributed by atoms with E-state index in [1.54, 1.807) is 17.6 Å². The molecule has 0 aliphatic heterocycles. The molecule has 1 heterocycles. The molecule has 0 radical (unpaired) electrons. The van der Waals surface area contributed by atoms with E-state index in [0.717, 1.165) is 18.4 Å². The summed E-state index contributed by atoms with van der Waals surface area (Å²) < 4.78 is 37.2. The number of hydrogen-bond acceptors (Lipinski definition) is 4. The number of carbonyl (C=O) groups excluding carboxylic acids is 2. The van der Waals surface area contributed by atoms with Gasteiger partial charge in [-0.25, -0.2) is 14.4 Å². The summed E-state index contributed by atoms with van der Waals surface area (Å²) in [6, 6.07) is 6.32. The van der Waals surface area contributed by atoms with Crippen molar-refractivity contribution in [3.63, 3.8) is 0 Å². The Morgan fingerprint density at radius 3 is 2.23 bits per heavy atom. The Bertz CT molecular complexity index is 806. The smallest absolute Gasteiger partial charge is 0.267 e. The molecular formula is C17H15F3N4O2. The highest BCUT2D eigenvalue weighted by Crippen LogP contribution is 2.50. The van der Waals surface area contributed by atoms with Crippen LogP contribution in [0.15, 0.2) is 36.7 Å². The number of benzene rings is 1. The molecule has 3 rings (SSSR count). The van der Waals surface area contributed by atoms with Gasteiger partial charge in [0.05, 0.1) is 5.56 Å². The van der Waals surface area contributed by atoms with E-state index in [-0.39, 0.29) is 16.8 Å². The van der Waals surface area contributed by atoms with E-state index in [0.29, 0.717) is 12.2 Å². The van der Waals surface area contributed by atoms with Gasteiger partial charge in [0.2, 0.25) is 0 Å². The lowest BCUT2D eigenvalue weighted by Gasteiger charge is -2.14. The molecule has 0 bridgehead atoms. The quantitative estimate of drug-likeness (QED) is 0.794. The van der Waals surface area contributed by atoms with Crippen molar-refractivity contribution in [2.45, 2.75) is 31.1 Å². The highest BCUT2D eigenvalue weighted by atomic mass is 19.3. The molecule has 1 aliphatic carbocycles. The Hall–Kier alpha value is -2.97. The third-order valence-corrected chi connectivity index (χ3v) is 4.27. The monoisotopic (exact) mass is 364 g/mol. The fourth-order valence-corrected chi connectivity index (χ4v) is 2.63. The largest absolute Gasteiger partial charge is 0.317 e. The molecule has 0 unspecified atom stereocenters. The molecule has 1 aromatic heterocycles. The number of amides is 2. The summed E-state index contributed by atoms with van der Waals surface area (Å²) in [5.74, 6) is -2.19. The molecular weight excluding hydrogens is 349 g/mol. The third kappa shape index (κ3) is 3.98. The van der Waals surface area contributed by atoms with E-state index in [1.165, 1.54) is 24.5 Å². The molecule has 2 amide bonds. The lowest BCUT2D eigenvalue weighted by Crippen LogP contribution is -2.44. The van der Waals surface area contributed by atoms with Crippen molar-refractivity contribution < 1.29 is 22.8 Å². The van der Waals surface area contributed by atoms with Gasteiger partial charge in [0.1, 0.15) is 11.6 Å². The van der Waals surface area contributed by atoms with Crippen molar-refractivity contribution in [2.75, 3.05) is 0 Å². The number of rotatable bonds is 5. The van der Waals surface area contributed by atoms with Gasteiger partial charge < -0.3 is 0 Å². The molecule has 0 saturated heterocycles. The van der Waals surface area contributed by atoms with Crippen LogP contribution in [0.2, 0.25) is 0 Å². The number of nitrogens with one attached hydrogen (secondary N) is 2. The topological polar surface area (TPSA) is 84.0 Å². The highest BCUT2D eigenvalue weighted by Gasteiger charge is 2.44. The number of nitrogens with zero attached hydrogens (tertiary/aromatic N) is 2. The molecule has 1 fully saturated rings. The zero-order chi connectivity index (χ0) is 18.7. The van der Waals surface area contributed by atoms with E-state index >= 15 is 0 Å². The van der Waals surface area contributed by atoms with Crippen LogP contribution in [0.4, 0.5) is 13.2 Å². The molecule has 2 N–H and O–H groups in total. The summed E-state index contributed by atoms with van der Waals surface area (Å²) in [5.41, 5.74) is 4.37. The minimum Gasteiger partial charge on any atom is -0.267 e. The third-order valence-electron chi connectivity index (χ3n) is 4.27. The van der Waals surface area contributed by atoms with Gasteiger partial charge in [-0.3, -0.25) is 20.4 Å². The normalized spacial score (nSPS) is 14.8. The van der Waals surface area contributed by atoms with Gasteiger partial charge in [0.15, 0.2) is 0 Å². The molecule has 1 aliphatic rings. The fraction of sp³-hybridized carbons (Fsp3) is 0.294. The summed E-state index contributed by atoms with van der Waals surface area (Å²) in [5, 5.41) is 0. The van der Waals surface area contributed by atoms with Gasteiger partial charge in [-0.15, -0.1) is 0 Å². The Labute approximate surface area is 146 Å². The first kappa shape index (κ1) is 17.8. The van der Waals surface area contributed by atoms with Crippen molar-refractivity contribution in [3.05, 3.63) is 59.4 Å². The van der Waals surface area contributed by atoms with E-state index in [4.69, 9.17) is 0 Å². The molecule has 0 spiro atoms. The second-order valence-corrected chi connectivity index (χ2v) is 6.10. The maximum absolute atomic E-state index is 13.1.